The summed E-state index contributed by atoms with van der Waals surface area (Å²) in [5.41, 5.74) is 2.18. The Hall–Kier alpha value is -3.09. The summed E-state index contributed by atoms with van der Waals surface area (Å²) in [4.78, 5) is 31.7. The fourth-order valence-corrected chi connectivity index (χ4v) is 8.38. The summed E-state index contributed by atoms with van der Waals surface area (Å²) in [6.45, 7) is 5.13. The quantitative estimate of drug-likeness (QED) is 0.308. The van der Waals surface area contributed by atoms with Crippen LogP contribution in [0.4, 0.5) is 10.1 Å². The van der Waals surface area contributed by atoms with Gasteiger partial charge >= 0.3 is 5.97 Å². The van der Waals surface area contributed by atoms with E-state index in [-0.39, 0.29) is 35.0 Å². The topological polar surface area (TPSA) is 129 Å². The number of carbonyl (C=O) groups is 2. The van der Waals surface area contributed by atoms with Crippen molar-refractivity contribution in [2.75, 3.05) is 31.6 Å². The molecule has 1 atom stereocenters. The largest absolute Gasteiger partial charge is 0.481 e. The van der Waals surface area contributed by atoms with Gasteiger partial charge in [0.15, 0.2) is 0 Å². The minimum atomic E-state index is -4.28. The molecule has 0 radical (unpaired) electrons. The molecule has 1 amide bonds. The number of fused-ring (bicyclic) bond motifs is 2. The van der Waals surface area contributed by atoms with Crippen molar-refractivity contribution >= 4 is 49.1 Å². The number of aromatic nitrogens is 1. The van der Waals surface area contributed by atoms with Crippen LogP contribution < -0.4 is 10.0 Å². The standard InChI is InChI=1S/C30H37FN4O5S2/c1-30(2)17-21-13-20(15-27(36)37)14-25(28(21)32-18-30)42(39,40)34-23(16-26-33-22-5-3-4-6-24(22)41-26)29(38)35-11-8-19(7-10-31)9-12-35/h3-6,13-14,19,23,32,34H,7-12,15-18H2,1-2H3,(H,36,37)/t23-/m0/s1. The Bertz CT molecular complexity index is 1550. The van der Waals surface area contributed by atoms with Gasteiger partial charge in [0.25, 0.3) is 0 Å². The van der Waals surface area contributed by atoms with E-state index in [1.54, 1.807) is 11.0 Å². The molecule has 1 aromatic heterocycles. The zero-order valence-electron chi connectivity index (χ0n) is 23.9. The molecule has 2 aliphatic heterocycles. The van der Waals surface area contributed by atoms with Crippen LogP contribution in [0.2, 0.25) is 0 Å². The van der Waals surface area contributed by atoms with Crippen LogP contribution in [-0.2, 0) is 38.9 Å². The molecule has 0 spiro atoms. The van der Waals surface area contributed by atoms with Crippen LogP contribution in [0.25, 0.3) is 10.2 Å². The first-order chi connectivity index (χ1) is 19.9. The van der Waals surface area contributed by atoms with Gasteiger partial charge < -0.3 is 15.3 Å². The van der Waals surface area contributed by atoms with Gasteiger partial charge in [-0.3, -0.25) is 14.0 Å². The third kappa shape index (κ3) is 6.92. The van der Waals surface area contributed by atoms with Gasteiger partial charge in [0.2, 0.25) is 15.9 Å². The second-order valence-electron chi connectivity index (χ2n) is 12.1. The van der Waals surface area contributed by atoms with Crippen LogP contribution in [0.3, 0.4) is 0 Å². The molecule has 0 aliphatic carbocycles. The van der Waals surface area contributed by atoms with Crippen LogP contribution in [-0.4, -0.2) is 67.6 Å². The lowest BCUT2D eigenvalue weighted by atomic mass is 9.81. The molecule has 226 valence electrons. The third-order valence-electron chi connectivity index (χ3n) is 8.06. The first-order valence-electron chi connectivity index (χ1n) is 14.3. The van der Waals surface area contributed by atoms with E-state index in [1.807, 2.05) is 24.3 Å². The van der Waals surface area contributed by atoms with E-state index < -0.39 is 28.7 Å². The number of para-hydroxylation sites is 1. The number of benzene rings is 2. The Balaban J connectivity index is 1.48. The van der Waals surface area contributed by atoms with Crippen molar-refractivity contribution in [2.24, 2.45) is 11.3 Å². The molecule has 1 saturated heterocycles. The normalized spacial score (nSPS) is 17.9. The monoisotopic (exact) mass is 616 g/mol. The van der Waals surface area contributed by atoms with E-state index in [9.17, 15) is 27.5 Å². The summed E-state index contributed by atoms with van der Waals surface area (Å²) in [6, 6.07) is 9.61. The molecule has 42 heavy (non-hydrogen) atoms. The van der Waals surface area contributed by atoms with Crippen molar-refractivity contribution in [3.63, 3.8) is 0 Å². The first kappa shape index (κ1) is 30.4. The summed E-state index contributed by atoms with van der Waals surface area (Å²) in [5, 5.41) is 13.3. The Morgan fingerprint density at radius 3 is 2.67 bits per heavy atom. The number of anilines is 1. The lowest BCUT2D eigenvalue weighted by Crippen LogP contribution is -2.51. The fraction of sp³-hybridized carbons (Fsp3) is 0.500. The number of carbonyl (C=O) groups excluding carboxylic acids is 1. The molecule has 5 rings (SSSR count). The average molecular weight is 617 g/mol. The predicted octanol–water partition coefficient (Wildman–Crippen LogP) is 4.41. The minimum Gasteiger partial charge on any atom is -0.481 e. The number of sulfonamides is 1. The highest BCUT2D eigenvalue weighted by atomic mass is 32.2. The van der Waals surface area contributed by atoms with Crippen LogP contribution in [0.1, 0.15) is 49.2 Å². The van der Waals surface area contributed by atoms with Gasteiger partial charge in [0.1, 0.15) is 10.9 Å². The van der Waals surface area contributed by atoms with Crippen molar-refractivity contribution in [2.45, 2.75) is 63.3 Å². The molecule has 3 aromatic rings. The lowest BCUT2D eigenvalue weighted by Gasteiger charge is -2.35. The number of nitrogens with zero attached hydrogens (tertiary/aromatic N) is 2. The van der Waals surface area contributed by atoms with Gasteiger partial charge in [-0.1, -0.05) is 32.0 Å². The molecule has 0 bridgehead atoms. The molecule has 12 heteroatoms. The van der Waals surface area contributed by atoms with Crippen molar-refractivity contribution in [1.82, 2.24) is 14.6 Å². The number of piperidine rings is 1. The van der Waals surface area contributed by atoms with Crippen LogP contribution in [0.15, 0.2) is 41.3 Å². The van der Waals surface area contributed by atoms with Crippen LogP contribution in [0, 0.1) is 11.3 Å². The Labute approximate surface area is 249 Å². The number of aliphatic carboxylic acids is 1. The highest BCUT2D eigenvalue weighted by Crippen LogP contribution is 2.37. The molecular weight excluding hydrogens is 579 g/mol. The molecule has 2 aromatic carbocycles. The predicted molar refractivity (Wildman–Crippen MR) is 161 cm³/mol. The first-order valence-corrected chi connectivity index (χ1v) is 16.6. The number of hydrogen-bond acceptors (Lipinski definition) is 7. The molecule has 1 fully saturated rings. The highest BCUT2D eigenvalue weighted by Gasteiger charge is 2.36. The smallest absolute Gasteiger partial charge is 0.307 e. The average Bonchev–Trinajstić information content (AvgIpc) is 3.34. The lowest BCUT2D eigenvalue weighted by molar-refractivity contribution is -0.136. The fourth-order valence-electron chi connectivity index (χ4n) is 5.90. The maximum atomic E-state index is 14.1. The molecule has 0 saturated carbocycles. The van der Waals surface area contributed by atoms with Crippen molar-refractivity contribution in [3.8, 4) is 0 Å². The Morgan fingerprint density at radius 1 is 1.24 bits per heavy atom. The summed E-state index contributed by atoms with van der Waals surface area (Å²) < 4.78 is 44.7. The van der Waals surface area contributed by atoms with Crippen molar-refractivity contribution in [3.05, 3.63) is 52.5 Å². The summed E-state index contributed by atoms with van der Waals surface area (Å²) in [7, 11) is -4.28. The number of nitrogens with one attached hydrogen (secondary N) is 2. The maximum Gasteiger partial charge on any atom is 0.307 e. The van der Waals surface area contributed by atoms with Gasteiger partial charge in [-0.15, -0.1) is 11.3 Å². The highest BCUT2D eigenvalue weighted by molar-refractivity contribution is 7.89. The number of halogens is 1. The van der Waals surface area contributed by atoms with Gasteiger partial charge in [-0.25, -0.2) is 13.4 Å². The van der Waals surface area contributed by atoms with E-state index in [1.165, 1.54) is 17.4 Å². The van der Waals surface area contributed by atoms with Gasteiger partial charge in [-0.2, -0.15) is 4.72 Å². The van der Waals surface area contributed by atoms with Crippen molar-refractivity contribution in [1.29, 1.82) is 0 Å². The summed E-state index contributed by atoms with van der Waals surface area (Å²) in [5.74, 6) is -1.20. The number of carboxylic acids is 1. The number of carboxylic acid groups (broad SMARTS) is 1. The summed E-state index contributed by atoms with van der Waals surface area (Å²) >= 11 is 1.41. The van der Waals surface area contributed by atoms with Gasteiger partial charge in [-0.05, 0) is 66.3 Å². The van der Waals surface area contributed by atoms with E-state index in [0.29, 0.717) is 61.6 Å². The summed E-state index contributed by atoms with van der Waals surface area (Å²) in [6.07, 6.45) is 2.12. The third-order valence-corrected chi connectivity index (χ3v) is 10.6. The second-order valence-corrected chi connectivity index (χ2v) is 14.9. The van der Waals surface area contributed by atoms with E-state index in [4.69, 9.17) is 0 Å². The van der Waals surface area contributed by atoms with Crippen LogP contribution in [0.5, 0.6) is 0 Å². The number of likely N-dealkylation sites (tertiary alicyclic amines) is 1. The van der Waals surface area contributed by atoms with Crippen molar-refractivity contribution < 1.29 is 27.5 Å². The van der Waals surface area contributed by atoms with Gasteiger partial charge in [0, 0.05) is 26.1 Å². The van der Waals surface area contributed by atoms with E-state index in [0.717, 1.165) is 15.8 Å². The zero-order valence-corrected chi connectivity index (χ0v) is 25.5. The SMILES string of the molecule is CC1(C)CNc2c(cc(CC(=O)O)cc2S(=O)(=O)N[C@@H](Cc2nc3ccccc3s2)C(=O)N2CCC(CCF)CC2)C1. The molecular formula is C30H37FN4O5S2. The molecule has 3 heterocycles. The number of hydrogen-bond donors (Lipinski definition) is 3. The van der Waals surface area contributed by atoms with Crippen LogP contribution >= 0.6 is 11.3 Å². The zero-order chi connectivity index (χ0) is 30.1. The molecule has 9 nitrogen and oxygen atoms in total. The molecule has 3 N–H and O–H groups in total. The molecule has 0 unspecified atom stereocenters. The second kappa shape index (κ2) is 12.3. The maximum absolute atomic E-state index is 14.1. The number of alkyl halides is 1. The molecule has 2 aliphatic rings. The minimum absolute atomic E-state index is 0.0597. The Morgan fingerprint density at radius 2 is 1.98 bits per heavy atom. The Kier molecular flexibility index (Phi) is 8.86. The number of rotatable bonds is 10. The van der Waals surface area contributed by atoms with Gasteiger partial charge in [0.05, 0.1) is 34.0 Å². The number of amides is 1. The number of thiazole rings is 1. The van der Waals surface area contributed by atoms with E-state index >= 15 is 0 Å². The van der Waals surface area contributed by atoms with E-state index in [2.05, 4.69) is 28.9 Å².